The monoisotopic (exact) mass is 651 g/mol. The van der Waals surface area contributed by atoms with Crippen molar-refractivity contribution in [3.63, 3.8) is 0 Å². The highest BCUT2D eigenvalue weighted by atomic mass is 19.1. The molecule has 6 aromatic rings. The van der Waals surface area contributed by atoms with Crippen LogP contribution in [0.3, 0.4) is 0 Å². The molecular formula is C36H40FN8O3+. The average Bonchev–Trinajstić information content (AvgIpc) is 3.59. The van der Waals surface area contributed by atoms with Gasteiger partial charge in [-0.05, 0) is 68.3 Å². The second-order valence-electron chi connectivity index (χ2n) is 12.4. The van der Waals surface area contributed by atoms with Crippen LogP contribution in [0.2, 0.25) is 0 Å². The Bertz CT molecular complexity index is 2100. The van der Waals surface area contributed by atoms with Gasteiger partial charge in [0.15, 0.2) is 18.9 Å². The molecule has 0 atom stereocenters. The maximum absolute atomic E-state index is 13.3. The minimum atomic E-state index is -0.272. The van der Waals surface area contributed by atoms with E-state index >= 15 is 0 Å². The van der Waals surface area contributed by atoms with Gasteiger partial charge in [0.1, 0.15) is 22.8 Å². The predicted octanol–water partition coefficient (Wildman–Crippen LogP) is 3.99. The van der Waals surface area contributed by atoms with Crippen molar-refractivity contribution in [1.29, 1.82) is 0 Å². The summed E-state index contributed by atoms with van der Waals surface area (Å²) in [5.41, 5.74) is 6.64. The second kappa shape index (κ2) is 14.0. The maximum Gasteiger partial charge on any atom is 0.326 e. The number of aryl methyl sites for hydroxylation is 3. The molecule has 12 heteroatoms. The molecule has 0 saturated carbocycles. The Morgan fingerprint density at radius 2 is 1.79 bits per heavy atom. The van der Waals surface area contributed by atoms with Crippen LogP contribution >= 0.6 is 0 Å². The summed E-state index contributed by atoms with van der Waals surface area (Å²) in [4.78, 5) is 27.8. The fraction of sp³-hybridized carbons (Fsp3) is 0.333. The quantitative estimate of drug-likeness (QED) is 0.135. The summed E-state index contributed by atoms with van der Waals surface area (Å²) >= 11 is 0. The summed E-state index contributed by atoms with van der Waals surface area (Å²) in [6, 6.07) is 18.0. The zero-order valence-electron chi connectivity index (χ0n) is 27.0. The Morgan fingerprint density at radius 1 is 0.979 bits per heavy atom. The number of fused-ring (bicyclic) bond motifs is 2. The third-order valence-electron chi connectivity index (χ3n) is 8.92. The molecule has 2 aromatic carbocycles. The van der Waals surface area contributed by atoms with Gasteiger partial charge >= 0.3 is 5.69 Å². The molecule has 3 N–H and O–H groups in total. The van der Waals surface area contributed by atoms with Crippen molar-refractivity contribution >= 4 is 28.0 Å². The average molecular weight is 652 g/mol. The fourth-order valence-corrected chi connectivity index (χ4v) is 6.34. The number of benzene rings is 2. The number of pyridine rings is 2. The third-order valence-corrected chi connectivity index (χ3v) is 8.92. The largest absolute Gasteiger partial charge is 0.506 e. The Labute approximate surface area is 277 Å². The first-order valence-electron chi connectivity index (χ1n) is 16.4. The molecule has 0 aliphatic carbocycles. The van der Waals surface area contributed by atoms with Gasteiger partial charge in [-0.15, -0.1) is 0 Å². The molecular weight excluding hydrogens is 611 g/mol. The molecule has 0 radical (unpaired) electrons. The Balaban J connectivity index is 1.12. The molecule has 0 amide bonds. The number of H-pyrrole nitrogens is 1. The lowest BCUT2D eigenvalue weighted by atomic mass is 10.1. The number of rotatable bonds is 12. The molecule has 11 nitrogen and oxygen atoms in total. The molecule has 0 unspecified atom stereocenters. The minimum absolute atomic E-state index is 0.152. The molecule has 1 saturated heterocycles. The Morgan fingerprint density at radius 3 is 2.62 bits per heavy atom. The van der Waals surface area contributed by atoms with E-state index < -0.39 is 0 Å². The molecule has 1 fully saturated rings. The van der Waals surface area contributed by atoms with Crippen molar-refractivity contribution in [2.45, 2.75) is 39.4 Å². The normalized spacial score (nSPS) is 13.9. The zero-order chi connectivity index (χ0) is 33.0. The van der Waals surface area contributed by atoms with Gasteiger partial charge < -0.3 is 24.7 Å². The number of aromatic nitrogens is 6. The van der Waals surface area contributed by atoms with Gasteiger partial charge in [0.2, 0.25) is 5.95 Å². The van der Waals surface area contributed by atoms with Gasteiger partial charge in [-0.2, -0.15) is 4.57 Å². The zero-order valence-corrected chi connectivity index (χ0v) is 27.0. The molecule has 1 aliphatic rings. The van der Waals surface area contributed by atoms with E-state index in [9.17, 15) is 14.3 Å². The lowest BCUT2D eigenvalue weighted by Gasteiger charge is -2.26. The lowest BCUT2D eigenvalue weighted by Crippen LogP contribution is -2.37. The van der Waals surface area contributed by atoms with Crippen LogP contribution in [0.5, 0.6) is 5.75 Å². The Hall–Kier alpha value is -5.07. The van der Waals surface area contributed by atoms with Gasteiger partial charge in [0.05, 0.1) is 36.3 Å². The van der Waals surface area contributed by atoms with Crippen LogP contribution < -0.4 is 15.6 Å². The van der Waals surface area contributed by atoms with E-state index in [0.717, 1.165) is 90.6 Å². The van der Waals surface area contributed by atoms with E-state index in [2.05, 4.69) is 36.9 Å². The number of ether oxygens (including phenoxy) is 1. The van der Waals surface area contributed by atoms with E-state index in [0.29, 0.717) is 31.7 Å². The van der Waals surface area contributed by atoms with Crippen LogP contribution in [0.4, 0.5) is 10.3 Å². The van der Waals surface area contributed by atoms with Crippen molar-refractivity contribution in [1.82, 2.24) is 29.0 Å². The summed E-state index contributed by atoms with van der Waals surface area (Å²) in [5, 5.41) is 14.2. The number of hydrogen-bond acceptors (Lipinski definition) is 7. The van der Waals surface area contributed by atoms with Gasteiger partial charge in [0.25, 0.3) is 0 Å². The lowest BCUT2D eigenvalue weighted by molar-refractivity contribution is -0.687. The highest BCUT2D eigenvalue weighted by Crippen LogP contribution is 2.25. The number of imidazole rings is 2. The van der Waals surface area contributed by atoms with Crippen LogP contribution in [0.15, 0.2) is 77.9 Å². The molecule has 0 spiro atoms. The number of hydrogen-bond donors (Lipinski definition) is 3. The van der Waals surface area contributed by atoms with E-state index in [1.807, 2.05) is 36.0 Å². The smallest absolute Gasteiger partial charge is 0.326 e. The van der Waals surface area contributed by atoms with Crippen LogP contribution in [0.25, 0.3) is 22.1 Å². The van der Waals surface area contributed by atoms with Crippen molar-refractivity contribution in [2.75, 3.05) is 44.7 Å². The number of nitrogens with zero attached hydrogens (tertiary/aromatic N) is 6. The van der Waals surface area contributed by atoms with Crippen molar-refractivity contribution in [3.05, 3.63) is 112 Å². The number of morpholine rings is 1. The van der Waals surface area contributed by atoms with Crippen LogP contribution in [-0.4, -0.2) is 73.5 Å². The first-order chi connectivity index (χ1) is 23.4. The van der Waals surface area contributed by atoms with Gasteiger partial charge in [-0.3, -0.25) is 14.5 Å². The first-order valence-corrected chi connectivity index (χ1v) is 16.4. The number of aromatic hydroxyl groups is 1. The van der Waals surface area contributed by atoms with Gasteiger partial charge in [0, 0.05) is 43.5 Å². The van der Waals surface area contributed by atoms with E-state index in [1.54, 1.807) is 28.8 Å². The van der Waals surface area contributed by atoms with Crippen LogP contribution in [0.1, 0.15) is 28.9 Å². The highest BCUT2D eigenvalue weighted by molar-refractivity contribution is 5.79. The minimum Gasteiger partial charge on any atom is -0.506 e. The number of halogens is 1. The first kappa shape index (κ1) is 31.5. The number of anilines is 1. The molecule has 4 aromatic heterocycles. The predicted molar refractivity (Wildman–Crippen MR) is 182 cm³/mol. The molecule has 1 aliphatic heterocycles. The van der Waals surface area contributed by atoms with Crippen molar-refractivity contribution < 1.29 is 18.8 Å². The SMILES string of the molecule is Cc1ccc(O)c(Cn2c(NCCCN3CCOCC3)nc3ccc(C[n+]4ccc5c(c4)[nH]c(=O)n5CCc4ccc(F)cc4)cc32)n1. The second-order valence-corrected chi connectivity index (χ2v) is 12.4. The van der Waals surface area contributed by atoms with Crippen molar-refractivity contribution in [3.8, 4) is 5.75 Å². The highest BCUT2D eigenvalue weighted by Gasteiger charge is 2.17. The molecule has 7 rings (SSSR count). The topological polar surface area (TPSA) is 117 Å². The number of nitrogens with one attached hydrogen (secondary N) is 2. The molecule has 48 heavy (non-hydrogen) atoms. The standard InChI is InChI=1S/C36H39FN8O3/c1-25-3-10-34(46)31(39-25)24-45-33-21-27(6-9-29(33)40-35(45)38-13-2-14-42-17-19-48-20-18-42)22-43-15-12-32-30(23-43)41-36(47)44(32)16-11-26-4-7-28(37)8-5-26/h3-10,12,15,21,23H,2,11,13-14,16-20,22,24H2,1H3,(H2-,38,40,41,46,47)/p+1. The summed E-state index contributed by atoms with van der Waals surface area (Å²) in [6.45, 7) is 8.60. The van der Waals surface area contributed by atoms with E-state index in [1.165, 1.54) is 12.1 Å². The number of aromatic amines is 1. The molecule has 5 heterocycles. The van der Waals surface area contributed by atoms with Crippen molar-refractivity contribution in [2.24, 2.45) is 0 Å². The van der Waals surface area contributed by atoms with Gasteiger partial charge in [-0.1, -0.05) is 18.2 Å². The van der Waals surface area contributed by atoms with Gasteiger partial charge in [-0.25, -0.2) is 14.2 Å². The summed E-state index contributed by atoms with van der Waals surface area (Å²) in [6.07, 6.45) is 5.51. The Kier molecular flexibility index (Phi) is 9.17. The summed E-state index contributed by atoms with van der Waals surface area (Å²) < 4.78 is 24.6. The van der Waals surface area contributed by atoms with E-state index in [4.69, 9.17) is 9.72 Å². The summed E-state index contributed by atoms with van der Waals surface area (Å²) in [5.74, 6) is 0.616. The third kappa shape index (κ3) is 7.09. The summed E-state index contributed by atoms with van der Waals surface area (Å²) in [7, 11) is 0. The van der Waals surface area contributed by atoms with Crippen LogP contribution in [0, 0.1) is 12.7 Å². The van der Waals surface area contributed by atoms with Crippen LogP contribution in [-0.2, 0) is 30.8 Å². The molecule has 0 bridgehead atoms. The molecule has 248 valence electrons. The maximum atomic E-state index is 13.3. The fourth-order valence-electron chi connectivity index (χ4n) is 6.34. The van der Waals surface area contributed by atoms with E-state index in [-0.39, 0.29) is 17.3 Å².